The van der Waals surface area contributed by atoms with Crippen LogP contribution in [0.15, 0.2) is 54.7 Å². The van der Waals surface area contributed by atoms with Crippen molar-refractivity contribution in [2.45, 2.75) is 6.10 Å². The molecule has 4 heteroatoms. The number of fused-ring (bicyclic) bond motifs is 1. The van der Waals surface area contributed by atoms with Crippen LogP contribution in [0, 0.1) is 0 Å². The fourth-order valence-corrected chi connectivity index (χ4v) is 2.65. The van der Waals surface area contributed by atoms with E-state index in [2.05, 4.69) is 4.98 Å². The van der Waals surface area contributed by atoms with Gasteiger partial charge in [0.1, 0.15) is 6.10 Å². The van der Waals surface area contributed by atoms with E-state index in [1.54, 1.807) is 24.4 Å². The molecule has 1 atom stereocenters. The van der Waals surface area contributed by atoms with Crippen molar-refractivity contribution in [1.82, 2.24) is 4.98 Å². The third-order valence-electron chi connectivity index (χ3n) is 3.18. The van der Waals surface area contributed by atoms with Crippen molar-refractivity contribution < 1.29 is 5.11 Å². The second kappa shape index (κ2) is 5.41. The molecule has 3 rings (SSSR count). The van der Waals surface area contributed by atoms with Crippen molar-refractivity contribution >= 4 is 34.1 Å². The van der Waals surface area contributed by atoms with Crippen LogP contribution in [-0.4, -0.2) is 10.1 Å². The van der Waals surface area contributed by atoms with Crippen LogP contribution in [0.5, 0.6) is 0 Å². The van der Waals surface area contributed by atoms with Crippen molar-refractivity contribution in [1.29, 1.82) is 0 Å². The molecular weight excluding hydrogens is 293 g/mol. The monoisotopic (exact) mass is 303 g/mol. The predicted octanol–water partition coefficient (Wildman–Crippen LogP) is 4.62. The molecule has 0 aliphatic heterocycles. The van der Waals surface area contributed by atoms with Crippen LogP contribution < -0.4 is 0 Å². The number of pyridine rings is 1. The van der Waals surface area contributed by atoms with Crippen molar-refractivity contribution in [3.63, 3.8) is 0 Å². The molecule has 0 aliphatic carbocycles. The van der Waals surface area contributed by atoms with Crippen LogP contribution >= 0.6 is 23.2 Å². The summed E-state index contributed by atoms with van der Waals surface area (Å²) in [6.45, 7) is 0. The lowest BCUT2D eigenvalue weighted by molar-refractivity contribution is 0.220. The summed E-state index contributed by atoms with van der Waals surface area (Å²) in [5, 5.41) is 12.4. The van der Waals surface area contributed by atoms with E-state index < -0.39 is 6.10 Å². The molecule has 1 N–H and O–H groups in total. The number of aliphatic hydroxyl groups excluding tert-OH is 1. The summed E-state index contributed by atoms with van der Waals surface area (Å²) in [6, 6.07) is 14.7. The van der Waals surface area contributed by atoms with Gasteiger partial charge in [0.2, 0.25) is 0 Å². The number of halogens is 2. The SMILES string of the molecule is OC(c1cnc2ccccc2c1)c1ccc(Cl)cc1Cl. The Balaban J connectivity index is 2.05. The van der Waals surface area contributed by atoms with Gasteiger partial charge in [0.05, 0.1) is 5.52 Å². The Morgan fingerprint density at radius 2 is 1.80 bits per heavy atom. The summed E-state index contributed by atoms with van der Waals surface area (Å²) < 4.78 is 0. The molecule has 2 aromatic carbocycles. The van der Waals surface area contributed by atoms with E-state index in [4.69, 9.17) is 23.2 Å². The summed E-state index contributed by atoms with van der Waals surface area (Å²) in [4.78, 5) is 4.35. The molecule has 2 nitrogen and oxygen atoms in total. The zero-order valence-corrected chi connectivity index (χ0v) is 11.9. The molecule has 0 radical (unpaired) electrons. The Morgan fingerprint density at radius 1 is 1.00 bits per heavy atom. The van der Waals surface area contributed by atoms with E-state index in [9.17, 15) is 5.11 Å². The Kier molecular flexibility index (Phi) is 3.62. The second-order valence-electron chi connectivity index (χ2n) is 4.53. The van der Waals surface area contributed by atoms with Gasteiger partial charge in [-0.15, -0.1) is 0 Å². The Bertz CT molecular complexity index is 773. The Hall–Kier alpha value is -1.61. The van der Waals surface area contributed by atoms with Gasteiger partial charge in [0, 0.05) is 32.8 Å². The topological polar surface area (TPSA) is 33.1 Å². The number of aromatic nitrogens is 1. The molecule has 0 saturated heterocycles. The number of hydrogen-bond donors (Lipinski definition) is 1. The van der Waals surface area contributed by atoms with E-state index in [1.807, 2.05) is 30.3 Å². The van der Waals surface area contributed by atoms with Crippen LogP contribution in [0.4, 0.5) is 0 Å². The van der Waals surface area contributed by atoms with Crippen molar-refractivity contribution in [2.24, 2.45) is 0 Å². The molecule has 20 heavy (non-hydrogen) atoms. The normalized spacial score (nSPS) is 12.6. The van der Waals surface area contributed by atoms with Crippen molar-refractivity contribution in [3.05, 3.63) is 75.9 Å². The minimum atomic E-state index is -0.822. The fourth-order valence-electron chi connectivity index (χ4n) is 2.14. The number of rotatable bonds is 2. The predicted molar refractivity (Wildman–Crippen MR) is 82.3 cm³/mol. The molecule has 0 saturated carbocycles. The summed E-state index contributed by atoms with van der Waals surface area (Å²) >= 11 is 12.0. The number of benzene rings is 2. The van der Waals surface area contributed by atoms with Crippen LogP contribution in [0.3, 0.4) is 0 Å². The van der Waals surface area contributed by atoms with Crippen LogP contribution in [0.25, 0.3) is 10.9 Å². The maximum Gasteiger partial charge on any atom is 0.107 e. The van der Waals surface area contributed by atoms with Gasteiger partial charge in [0.25, 0.3) is 0 Å². The third-order valence-corrected chi connectivity index (χ3v) is 3.75. The average molecular weight is 304 g/mol. The Labute approximate surface area is 126 Å². The van der Waals surface area contributed by atoms with Gasteiger partial charge in [-0.05, 0) is 24.3 Å². The van der Waals surface area contributed by atoms with Gasteiger partial charge < -0.3 is 5.11 Å². The molecular formula is C16H11Cl2NO. The highest BCUT2D eigenvalue weighted by molar-refractivity contribution is 6.35. The zero-order valence-electron chi connectivity index (χ0n) is 10.4. The highest BCUT2D eigenvalue weighted by Crippen LogP contribution is 2.31. The van der Waals surface area contributed by atoms with Gasteiger partial charge in [-0.1, -0.05) is 47.5 Å². The van der Waals surface area contributed by atoms with Gasteiger partial charge in [-0.2, -0.15) is 0 Å². The smallest absolute Gasteiger partial charge is 0.107 e. The van der Waals surface area contributed by atoms with Crippen molar-refractivity contribution in [3.8, 4) is 0 Å². The lowest BCUT2D eigenvalue weighted by Gasteiger charge is -2.13. The average Bonchev–Trinajstić information content (AvgIpc) is 2.46. The lowest BCUT2D eigenvalue weighted by Crippen LogP contribution is -2.01. The summed E-state index contributed by atoms with van der Waals surface area (Å²) in [7, 11) is 0. The van der Waals surface area contributed by atoms with Gasteiger partial charge in [-0.25, -0.2) is 0 Å². The molecule has 100 valence electrons. The van der Waals surface area contributed by atoms with Crippen molar-refractivity contribution in [2.75, 3.05) is 0 Å². The number of para-hydroxylation sites is 1. The lowest BCUT2D eigenvalue weighted by atomic mass is 10.0. The van der Waals surface area contributed by atoms with Crippen LogP contribution in [0.1, 0.15) is 17.2 Å². The molecule has 0 fully saturated rings. The quantitative estimate of drug-likeness (QED) is 0.749. The number of aliphatic hydroxyl groups is 1. The zero-order chi connectivity index (χ0) is 14.1. The molecule has 1 unspecified atom stereocenters. The summed E-state index contributed by atoms with van der Waals surface area (Å²) in [5.74, 6) is 0. The third kappa shape index (κ3) is 2.50. The van der Waals surface area contributed by atoms with Gasteiger partial charge in [-0.3, -0.25) is 4.98 Å². The number of nitrogens with zero attached hydrogens (tertiary/aromatic N) is 1. The molecule has 3 aromatic rings. The van der Waals surface area contributed by atoms with Gasteiger partial charge >= 0.3 is 0 Å². The maximum atomic E-state index is 10.5. The molecule has 0 bridgehead atoms. The first-order chi connectivity index (χ1) is 9.65. The molecule has 0 aliphatic rings. The maximum absolute atomic E-state index is 10.5. The van der Waals surface area contributed by atoms with Gasteiger partial charge in [0.15, 0.2) is 0 Å². The minimum Gasteiger partial charge on any atom is -0.384 e. The summed E-state index contributed by atoms with van der Waals surface area (Å²) in [6.07, 6.45) is 0.842. The second-order valence-corrected chi connectivity index (χ2v) is 5.37. The van der Waals surface area contributed by atoms with E-state index in [0.29, 0.717) is 21.2 Å². The van der Waals surface area contributed by atoms with E-state index in [-0.39, 0.29) is 0 Å². The molecule has 1 aromatic heterocycles. The van der Waals surface area contributed by atoms with Crippen LogP contribution in [0.2, 0.25) is 10.0 Å². The molecule has 1 heterocycles. The highest BCUT2D eigenvalue weighted by atomic mass is 35.5. The standard InChI is InChI=1S/C16H11Cl2NO/c17-12-5-6-13(14(18)8-12)16(20)11-7-10-3-1-2-4-15(10)19-9-11/h1-9,16,20H. The first-order valence-electron chi connectivity index (χ1n) is 6.13. The van der Waals surface area contributed by atoms with E-state index in [1.165, 1.54) is 0 Å². The first kappa shape index (κ1) is 13.4. The Morgan fingerprint density at radius 3 is 2.60 bits per heavy atom. The number of hydrogen-bond acceptors (Lipinski definition) is 2. The first-order valence-corrected chi connectivity index (χ1v) is 6.88. The molecule has 0 amide bonds. The minimum absolute atomic E-state index is 0.443. The summed E-state index contributed by atoms with van der Waals surface area (Å²) in [5.41, 5.74) is 2.21. The van der Waals surface area contributed by atoms with E-state index >= 15 is 0 Å². The fraction of sp³-hybridized carbons (Fsp3) is 0.0625. The van der Waals surface area contributed by atoms with Crippen LogP contribution in [-0.2, 0) is 0 Å². The van der Waals surface area contributed by atoms with E-state index in [0.717, 1.165) is 10.9 Å². The highest BCUT2D eigenvalue weighted by Gasteiger charge is 2.15. The molecule has 0 spiro atoms. The largest absolute Gasteiger partial charge is 0.384 e.